The maximum Gasteiger partial charge on any atom is 0.306 e. The Kier molecular flexibility index (Phi) is 44.2. The van der Waals surface area contributed by atoms with Gasteiger partial charge in [0.25, 0.3) is 0 Å². The Hall–Kier alpha value is -2.41. The van der Waals surface area contributed by atoms with Crippen molar-refractivity contribution >= 4 is 17.9 Å². The van der Waals surface area contributed by atoms with E-state index in [1.165, 1.54) is 64.2 Å². The molecule has 0 bridgehead atoms. The summed E-state index contributed by atoms with van der Waals surface area (Å²) in [7, 11) is 0. The largest absolute Gasteiger partial charge is 0.481 e. The SMILES string of the molecule is CCCCCCC(O)CC=CCCCCCCCC(=O)OC(C=CCCCCCCCC(=O)OC(CC=CCCCCCCCC(=O)O)CCCCCC)CCCCCC. The smallest absolute Gasteiger partial charge is 0.306 e. The van der Waals surface area contributed by atoms with Crippen molar-refractivity contribution in [2.24, 2.45) is 0 Å². The van der Waals surface area contributed by atoms with Gasteiger partial charge in [-0.15, -0.1) is 0 Å². The molecule has 0 radical (unpaired) electrons. The molecule has 0 aliphatic carbocycles. The van der Waals surface area contributed by atoms with E-state index >= 15 is 0 Å². The Morgan fingerprint density at radius 1 is 0.433 bits per heavy atom. The molecule has 3 atom stereocenters. The number of aliphatic hydroxyl groups excluding tert-OH is 1. The van der Waals surface area contributed by atoms with Gasteiger partial charge in [0.05, 0.1) is 6.10 Å². The number of allylic oxidation sites excluding steroid dienone is 3. The number of unbranched alkanes of at least 4 members (excludes halogenated alkanes) is 24. The molecule has 0 aliphatic heterocycles. The van der Waals surface area contributed by atoms with E-state index in [0.29, 0.717) is 12.8 Å². The Morgan fingerprint density at radius 2 is 0.850 bits per heavy atom. The molecule has 0 rings (SSSR count). The number of ether oxygens (including phenoxy) is 2. The average molecular weight is 845 g/mol. The highest BCUT2D eigenvalue weighted by Crippen LogP contribution is 2.18. The molecule has 0 aromatic rings. The van der Waals surface area contributed by atoms with Gasteiger partial charge < -0.3 is 19.7 Å². The highest BCUT2D eigenvalue weighted by Gasteiger charge is 2.14. The maximum absolute atomic E-state index is 12.7. The van der Waals surface area contributed by atoms with Crippen molar-refractivity contribution < 1.29 is 34.1 Å². The molecule has 0 saturated carbocycles. The van der Waals surface area contributed by atoms with Gasteiger partial charge in [-0.1, -0.05) is 173 Å². The number of carboxylic acid groups (broad SMARTS) is 1. The molecule has 0 heterocycles. The van der Waals surface area contributed by atoms with Crippen LogP contribution in [0, 0.1) is 0 Å². The summed E-state index contributed by atoms with van der Waals surface area (Å²) in [5.41, 5.74) is 0. The third kappa shape index (κ3) is 43.7. The van der Waals surface area contributed by atoms with Gasteiger partial charge in [0, 0.05) is 25.7 Å². The van der Waals surface area contributed by atoms with Crippen LogP contribution in [0.5, 0.6) is 0 Å². The van der Waals surface area contributed by atoms with Crippen LogP contribution in [-0.4, -0.2) is 46.4 Å². The number of carbonyl (C=O) groups excluding carboxylic acids is 2. The topological polar surface area (TPSA) is 110 Å². The molecule has 2 N–H and O–H groups in total. The second-order valence-corrected chi connectivity index (χ2v) is 17.5. The predicted octanol–water partition coefficient (Wildman–Crippen LogP) is 15.8. The highest BCUT2D eigenvalue weighted by atomic mass is 16.5. The lowest BCUT2D eigenvalue weighted by Crippen LogP contribution is -2.17. The van der Waals surface area contributed by atoms with Gasteiger partial charge in [-0.3, -0.25) is 14.4 Å². The van der Waals surface area contributed by atoms with E-state index < -0.39 is 5.97 Å². The van der Waals surface area contributed by atoms with E-state index in [9.17, 15) is 19.5 Å². The fourth-order valence-electron chi connectivity index (χ4n) is 7.57. The van der Waals surface area contributed by atoms with Crippen LogP contribution in [0.2, 0.25) is 0 Å². The molecule has 350 valence electrons. The number of aliphatic hydroxyl groups is 1. The van der Waals surface area contributed by atoms with E-state index in [0.717, 1.165) is 161 Å². The van der Waals surface area contributed by atoms with Gasteiger partial charge in [-0.05, 0) is 102 Å². The number of hydrogen-bond acceptors (Lipinski definition) is 6. The van der Waals surface area contributed by atoms with E-state index in [2.05, 4.69) is 57.2 Å². The number of carboxylic acids is 1. The van der Waals surface area contributed by atoms with Crippen LogP contribution in [0.3, 0.4) is 0 Å². The predicted molar refractivity (Wildman–Crippen MR) is 253 cm³/mol. The molecular weight excluding hydrogens is 749 g/mol. The highest BCUT2D eigenvalue weighted by molar-refractivity contribution is 5.70. The lowest BCUT2D eigenvalue weighted by Gasteiger charge is -2.16. The molecule has 0 aromatic carbocycles. The molecular formula is C53H96O7. The number of carbonyl (C=O) groups is 3. The van der Waals surface area contributed by atoms with Crippen LogP contribution in [0.25, 0.3) is 0 Å². The van der Waals surface area contributed by atoms with Crippen molar-refractivity contribution in [2.75, 3.05) is 0 Å². The first-order chi connectivity index (χ1) is 29.3. The monoisotopic (exact) mass is 845 g/mol. The first kappa shape index (κ1) is 57.6. The fourth-order valence-corrected chi connectivity index (χ4v) is 7.57. The Balaban J connectivity index is 4.29. The van der Waals surface area contributed by atoms with Crippen LogP contribution in [0.4, 0.5) is 0 Å². The van der Waals surface area contributed by atoms with E-state index in [1.807, 2.05) is 0 Å². The van der Waals surface area contributed by atoms with Gasteiger partial charge in [-0.25, -0.2) is 0 Å². The summed E-state index contributed by atoms with van der Waals surface area (Å²) >= 11 is 0. The molecule has 0 aliphatic rings. The van der Waals surface area contributed by atoms with Gasteiger partial charge in [0.1, 0.15) is 12.2 Å². The number of esters is 2. The van der Waals surface area contributed by atoms with Crippen LogP contribution in [0.1, 0.15) is 265 Å². The summed E-state index contributed by atoms with van der Waals surface area (Å²) < 4.78 is 11.9. The van der Waals surface area contributed by atoms with Crippen molar-refractivity contribution in [3.63, 3.8) is 0 Å². The second-order valence-electron chi connectivity index (χ2n) is 17.5. The van der Waals surface area contributed by atoms with Crippen LogP contribution < -0.4 is 0 Å². The van der Waals surface area contributed by atoms with Crippen LogP contribution in [-0.2, 0) is 23.9 Å². The fraction of sp³-hybridized carbons (Fsp3) is 0.830. The third-order valence-corrected chi connectivity index (χ3v) is 11.4. The third-order valence-electron chi connectivity index (χ3n) is 11.4. The summed E-state index contributed by atoms with van der Waals surface area (Å²) in [5.74, 6) is -0.834. The van der Waals surface area contributed by atoms with E-state index in [-0.39, 0.29) is 36.7 Å². The molecule has 0 spiro atoms. The molecule has 7 heteroatoms. The number of hydrogen-bond donors (Lipinski definition) is 2. The Morgan fingerprint density at radius 3 is 1.38 bits per heavy atom. The Labute approximate surface area is 370 Å². The van der Waals surface area contributed by atoms with Crippen molar-refractivity contribution in [2.45, 2.75) is 283 Å². The van der Waals surface area contributed by atoms with Crippen molar-refractivity contribution in [1.82, 2.24) is 0 Å². The zero-order valence-corrected chi connectivity index (χ0v) is 39.5. The first-order valence-electron chi connectivity index (χ1n) is 25.6. The first-order valence-corrected chi connectivity index (χ1v) is 25.6. The second kappa shape index (κ2) is 46.1. The maximum atomic E-state index is 12.7. The van der Waals surface area contributed by atoms with E-state index in [1.54, 1.807) is 0 Å². The number of rotatable bonds is 46. The Bertz CT molecular complexity index is 1050. The molecule has 0 amide bonds. The average Bonchev–Trinajstić information content (AvgIpc) is 3.22. The van der Waals surface area contributed by atoms with Crippen molar-refractivity contribution in [3.8, 4) is 0 Å². The molecule has 0 aromatic heterocycles. The van der Waals surface area contributed by atoms with E-state index in [4.69, 9.17) is 14.6 Å². The van der Waals surface area contributed by atoms with Gasteiger partial charge in [-0.2, -0.15) is 0 Å². The van der Waals surface area contributed by atoms with Gasteiger partial charge in [0.2, 0.25) is 0 Å². The normalized spacial score (nSPS) is 13.4. The quantitative estimate of drug-likeness (QED) is 0.0357. The zero-order valence-electron chi connectivity index (χ0n) is 39.5. The molecule has 60 heavy (non-hydrogen) atoms. The lowest BCUT2D eigenvalue weighted by atomic mass is 10.1. The molecule has 3 unspecified atom stereocenters. The van der Waals surface area contributed by atoms with Crippen LogP contribution in [0.15, 0.2) is 36.5 Å². The molecule has 0 fully saturated rings. The van der Waals surface area contributed by atoms with Crippen molar-refractivity contribution in [1.29, 1.82) is 0 Å². The summed E-state index contributed by atoms with van der Waals surface area (Å²) in [6, 6.07) is 0. The number of aliphatic carboxylic acids is 1. The molecule has 0 saturated heterocycles. The zero-order chi connectivity index (χ0) is 44.0. The summed E-state index contributed by atoms with van der Waals surface area (Å²) in [6.07, 6.45) is 51.4. The van der Waals surface area contributed by atoms with Gasteiger partial charge in [0.15, 0.2) is 0 Å². The van der Waals surface area contributed by atoms with Gasteiger partial charge >= 0.3 is 17.9 Å². The molecule has 7 nitrogen and oxygen atoms in total. The van der Waals surface area contributed by atoms with Crippen LogP contribution >= 0.6 is 0 Å². The summed E-state index contributed by atoms with van der Waals surface area (Å²) in [4.78, 5) is 36.1. The minimum absolute atomic E-state index is 0.0338. The summed E-state index contributed by atoms with van der Waals surface area (Å²) in [5, 5.41) is 18.9. The lowest BCUT2D eigenvalue weighted by molar-refractivity contribution is -0.149. The minimum Gasteiger partial charge on any atom is -0.481 e. The standard InChI is InChI=1S/C53H96O7/c1-4-7-10-30-39-48(54)40-31-24-18-13-16-22-28-37-46-52(57)60-50(42-33-12-9-6-3)44-35-26-20-17-23-29-38-47-53(58)59-49(41-32-11-8-5-2)43-34-25-19-14-15-21-27-36-45-51(55)56/h24-25,31,34-35,44,48-50,54H,4-23,26-30,32-33,36-43,45-47H2,1-3H3,(H,55,56). The summed E-state index contributed by atoms with van der Waals surface area (Å²) in [6.45, 7) is 6.65. The minimum atomic E-state index is -0.706. The van der Waals surface area contributed by atoms with Crippen molar-refractivity contribution in [3.05, 3.63) is 36.5 Å².